The van der Waals surface area contributed by atoms with Crippen molar-refractivity contribution in [3.05, 3.63) is 71.8 Å². The summed E-state index contributed by atoms with van der Waals surface area (Å²) in [6.07, 6.45) is 1.27. The molecule has 0 spiro atoms. The van der Waals surface area contributed by atoms with E-state index < -0.39 is 23.0 Å². The summed E-state index contributed by atoms with van der Waals surface area (Å²) in [6.45, 7) is 0. The molecular weight excluding hydrogens is 444 g/mol. The van der Waals surface area contributed by atoms with Gasteiger partial charge in [0.25, 0.3) is 0 Å². The molecule has 0 aromatic heterocycles. The Morgan fingerprint density at radius 2 is 1.91 bits per heavy atom. The van der Waals surface area contributed by atoms with E-state index in [9.17, 15) is 19.5 Å². The summed E-state index contributed by atoms with van der Waals surface area (Å²) < 4.78 is 0. The monoisotopic (exact) mass is 462 g/mol. The van der Waals surface area contributed by atoms with E-state index in [1.165, 1.54) is 30.5 Å². The summed E-state index contributed by atoms with van der Waals surface area (Å²) in [7, 11) is 0. The number of phenols is 1. The van der Waals surface area contributed by atoms with Crippen molar-refractivity contribution >= 4 is 57.4 Å². The zero-order valence-corrected chi connectivity index (χ0v) is 17.9. The van der Waals surface area contributed by atoms with E-state index in [0.29, 0.717) is 5.56 Å². The number of nitrogens with zero attached hydrogens (tertiary/aromatic N) is 3. The van der Waals surface area contributed by atoms with E-state index in [1.54, 1.807) is 12.1 Å². The van der Waals surface area contributed by atoms with Gasteiger partial charge in [-0.1, -0.05) is 48.2 Å². The topological polar surface area (TPSA) is 146 Å². The molecule has 1 aliphatic heterocycles. The van der Waals surface area contributed by atoms with E-state index in [2.05, 4.69) is 10.2 Å². The molecule has 4 N–H and O–H groups in total. The number of carboxylic acid groups (broad SMARTS) is 1. The molecule has 1 aliphatic rings. The molecule has 1 fully saturated rings. The van der Waals surface area contributed by atoms with Gasteiger partial charge in [0.1, 0.15) is 11.0 Å². The molecule has 3 aromatic carbocycles. The van der Waals surface area contributed by atoms with Crippen LogP contribution in [-0.2, 0) is 9.59 Å². The number of anilines is 1. The Bertz CT molecular complexity index is 1340. The minimum absolute atomic E-state index is 0.0294. The molecular formula is C23H18N4O5S. The number of aromatic hydroxyl groups is 1. The molecule has 33 heavy (non-hydrogen) atoms. The number of aromatic carboxylic acids is 1. The predicted molar refractivity (Wildman–Crippen MR) is 127 cm³/mol. The van der Waals surface area contributed by atoms with Crippen LogP contribution in [0.15, 0.2) is 70.9 Å². The van der Waals surface area contributed by atoms with Gasteiger partial charge in [-0.2, -0.15) is 5.10 Å². The summed E-state index contributed by atoms with van der Waals surface area (Å²) in [4.78, 5) is 37.3. The average Bonchev–Trinajstić information content (AvgIpc) is 3.07. The van der Waals surface area contributed by atoms with E-state index in [-0.39, 0.29) is 28.6 Å². The molecule has 9 nitrogen and oxygen atoms in total. The van der Waals surface area contributed by atoms with E-state index in [4.69, 9.17) is 10.8 Å². The molecule has 3 aromatic rings. The lowest BCUT2D eigenvalue weighted by molar-refractivity contribution is -0.121. The second-order valence-corrected chi connectivity index (χ2v) is 8.36. The van der Waals surface area contributed by atoms with Crippen LogP contribution >= 0.6 is 11.8 Å². The number of thioether (sulfide) groups is 1. The summed E-state index contributed by atoms with van der Waals surface area (Å²) in [5.74, 6) is -2.10. The number of amides is 2. The highest BCUT2D eigenvalue weighted by Gasteiger charge is 2.40. The quantitative estimate of drug-likeness (QED) is 0.229. The van der Waals surface area contributed by atoms with Crippen molar-refractivity contribution in [2.45, 2.75) is 11.7 Å². The molecule has 0 radical (unpaired) electrons. The van der Waals surface area contributed by atoms with Crippen molar-refractivity contribution in [2.24, 2.45) is 15.9 Å². The van der Waals surface area contributed by atoms with Gasteiger partial charge >= 0.3 is 5.97 Å². The number of imide groups is 1. The number of amidine groups is 1. The smallest absolute Gasteiger partial charge is 0.335 e. The highest BCUT2D eigenvalue weighted by Crippen LogP contribution is 2.30. The minimum atomic E-state index is -1.16. The SMILES string of the molecule is N/C(=N\N=C\c1c(O)ccc2ccccc12)SC1CC(=O)N(c2cccc(C(=O)O)c2)C1=O. The van der Waals surface area contributed by atoms with Crippen molar-refractivity contribution in [1.29, 1.82) is 0 Å². The average molecular weight is 462 g/mol. The van der Waals surface area contributed by atoms with Gasteiger partial charge in [-0.25, -0.2) is 9.69 Å². The summed E-state index contributed by atoms with van der Waals surface area (Å²) in [5.41, 5.74) is 6.54. The first kappa shape index (κ1) is 22.0. The highest BCUT2D eigenvalue weighted by molar-refractivity contribution is 8.14. The summed E-state index contributed by atoms with van der Waals surface area (Å²) in [6, 6.07) is 16.4. The number of carbonyl (C=O) groups is 3. The van der Waals surface area contributed by atoms with Crippen molar-refractivity contribution < 1.29 is 24.6 Å². The third-order valence-electron chi connectivity index (χ3n) is 5.01. The second kappa shape index (κ2) is 9.13. The molecule has 0 bridgehead atoms. The first-order chi connectivity index (χ1) is 15.8. The Kier molecular flexibility index (Phi) is 6.09. The van der Waals surface area contributed by atoms with Gasteiger partial charge in [0.05, 0.1) is 17.5 Å². The van der Waals surface area contributed by atoms with Crippen molar-refractivity contribution in [3.63, 3.8) is 0 Å². The standard InChI is InChI=1S/C23H18N4O5S/c24-23(26-25-12-17-16-7-2-1-4-13(16)8-9-18(17)28)33-19-11-20(29)27(21(19)30)15-6-3-5-14(10-15)22(31)32/h1-10,12,19,28H,11H2,(H2,24,26)(H,31,32)/b25-12+. The maximum atomic E-state index is 12.8. The Hall–Kier alpha value is -4.18. The Balaban J connectivity index is 1.49. The van der Waals surface area contributed by atoms with Crippen LogP contribution in [0.3, 0.4) is 0 Å². The van der Waals surface area contributed by atoms with Crippen LogP contribution in [0.25, 0.3) is 10.8 Å². The van der Waals surface area contributed by atoms with Gasteiger partial charge in [-0.3, -0.25) is 9.59 Å². The van der Waals surface area contributed by atoms with Crippen LogP contribution in [0.1, 0.15) is 22.3 Å². The second-order valence-electron chi connectivity index (χ2n) is 7.14. The first-order valence-corrected chi connectivity index (χ1v) is 10.7. The van der Waals surface area contributed by atoms with E-state index >= 15 is 0 Å². The largest absolute Gasteiger partial charge is 0.507 e. The number of carbonyl (C=O) groups excluding carboxylic acids is 2. The molecule has 10 heteroatoms. The lowest BCUT2D eigenvalue weighted by Crippen LogP contribution is -2.32. The number of benzene rings is 3. The lowest BCUT2D eigenvalue weighted by Gasteiger charge is -2.15. The fourth-order valence-electron chi connectivity index (χ4n) is 3.48. The van der Waals surface area contributed by atoms with Gasteiger partial charge in [-0.15, -0.1) is 5.10 Å². The van der Waals surface area contributed by atoms with Crippen molar-refractivity contribution in [2.75, 3.05) is 4.90 Å². The molecule has 1 atom stereocenters. The van der Waals surface area contributed by atoms with Crippen LogP contribution in [0.5, 0.6) is 5.75 Å². The minimum Gasteiger partial charge on any atom is -0.507 e. The van der Waals surface area contributed by atoms with Crippen LogP contribution in [0.2, 0.25) is 0 Å². The molecule has 166 valence electrons. The van der Waals surface area contributed by atoms with E-state index in [0.717, 1.165) is 27.4 Å². The number of rotatable bonds is 5. The third-order valence-corrected chi connectivity index (χ3v) is 5.99. The third kappa shape index (κ3) is 4.55. The first-order valence-electron chi connectivity index (χ1n) is 9.79. The maximum absolute atomic E-state index is 12.8. The number of carboxylic acids is 1. The molecule has 0 saturated carbocycles. The van der Waals surface area contributed by atoms with Crippen molar-refractivity contribution in [1.82, 2.24) is 0 Å². The number of phenolic OH excluding ortho intramolecular Hbond substituents is 1. The molecule has 1 unspecified atom stereocenters. The summed E-state index contributed by atoms with van der Waals surface area (Å²) in [5, 5.41) is 28.0. The maximum Gasteiger partial charge on any atom is 0.335 e. The van der Waals surface area contributed by atoms with Crippen LogP contribution in [0, 0.1) is 0 Å². The van der Waals surface area contributed by atoms with Crippen LogP contribution in [-0.4, -0.2) is 44.6 Å². The van der Waals surface area contributed by atoms with Gasteiger partial charge in [0.2, 0.25) is 11.8 Å². The fraction of sp³-hybridized carbons (Fsp3) is 0.0870. The fourth-order valence-corrected chi connectivity index (χ4v) is 4.30. The zero-order valence-electron chi connectivity index (χ0n) is 17.1. The van der Waals surface area contributed by atoms with Gasteiger partial charge in [0.15, 0.2) is 5.17 Å². The normalized spacial score (nSPS) is 16.8. The summed E-state index contributed by atoms with van der Waals surface area (Å²) >= 11 is 0.894. The van der Waals surface area contributed by atoms with Crippen LogP contribution in [0.4, 0.5) is 5.69 Å². The van der Waals surface area contributed by atoms with Crippen molar-refractivity contribution in [3.8, 4) is 5.75 Å². The molecule has 4 rings (SSSR count). The zero-order chi connectivity index (χ0) is 23.5. The number of fused-ring (bicyclic) bond motifs is 1. The number of hydrogen-bond donors (Lipinski definition) is 3. The molecule has 1 saturated heterocycles. The molecule has 2 amide bonds. The molecule has 1 heterocycles. The number of nitrogens with two attached hydrogens (primary N) is 1. The Labute approximate surface area is 192 Å². The Morgan fingerprint density at radius 1 is 1.12 bits per heavy atom. The van der Waals surface area contributed by atoms with E-state index in [1.807, 2.05) is 24.3 Å². The lowest BCUT2D eigenvalue weighted by atomic mass is 10.0. The van der Waals surface area contributed by atoms with Gasteiger partial charge < -0.3 is 15.9 Å². The molecule has 0 aliphatic carbocycles. The predicted octanol–water partition coefficient (Wildman–Crippen LogP) is 2.96. The van der Waals surface area contributed by atoms with Gasteiger partial charge in [0, 0.05) is 12.0 Å². The number of hydrogen-bond acceptors (Lipinski definition) is 7. The highest BCUT2D eigenvalue weighted by atomic mass is 32.2. The van der Waals surface area contributed by atoms with Gasteiger partial charge in [-0.05, 0) is 35.0 Å². The Morgan fingerprint density at radius 3 is 2.70 bits per heavy atom. The van der Waals surface area contributed by atoms with Crippen LogP contribution < -0.4 is 10.6 Å².